The molecule has 2 aliphatic rings. The molecule has 2 heterocycles. The normalized spacial score (nSPS) is 22.5. The third-order valence-electron chi connectivity index (χ3n) is 4.86. The molecule has 128 valence electrons. The Morgan fingerprint density at radius 3 is 2.42 bits per heavy atom. The fourth-order valence-corrected chi connectivity index (χ4v) is 3.47. The third-order valence-corrected chi connectivity index (χ3v) is 4.86. The molecular formula is C18H23N3O3. The SMILES string of the molecule is CC[C@@H]1CCCCN1CN1C(=O)C(=O)N(Cc2ccccc2)C1=O. The number of hydrogen-bond donors (Lipinski definition) is 0. The molecule has 0 aromatic heterocycles. The smallest absolute Gasteiger partial charge is 0.283 e. The standard InChI is InChI=1S/C18H23N3O3/c1-2-15-10-6-7-11-19(15)13-21-17(23)16(22)20(18(21)24)12-14-8-4-3-5-9-14/h3-5,8-9,15H,2,6-7,10-13H2,1H3/t15-/m1/s1. The Balaban J connectivity index is 1.71. The minimum atomic E-state index is -0.728. The second kappa shape index (κ2) is 7.13. The molecule has 2 fully saturated rings. The van der Waals surface area contributed by atoms with Crippen molar-refractivity contribution in [3.63, 3.8) is 0 Å². The lowest BCUT2D eigenvalue weighted by atomic mass is 10.0. The van der Waals surface area contributed by atoms with Gasteiger partial charge in [0.05, 0.1) is 13.2 Å². The molecule has 2 aliphatic heterocycles. The molecule has 0 N–H and O–H groups in total. The van der Waals surface area contributed by atoms with E-state index >= 15 is 0 Å². The van der Waals surface area contributed by atoms with E-state index in [1.807, 2.05) is 30.3 Å². The van der Waals surface area contributed by atoms with E-state index in [1.165, 1.54) is 6.42 Å². The molecule has 1 aromatic rings. The number of carbonyl (C=O) groups is 3. The second-order valence-electron chi connectivity index (χ2n) is 6.40. The molecule has 0 radical (unpaired) electrons. The molecule has 24 heavy (non-hydrogen) atoms. The lowest BCUT2D eigenvalue weighted by Crippen LogP contribution is -2.48. The number of urea groups is 1. The fraction of sp³-hybridized carbons (Fsp3) is 0.500. The zero-order chi connectivity index (χ0) is 17.1. The van der Waals surface area contributed by atoms with Gasteiger partial charge in [0.1, 0.15) is 0 Å². The zero-order valence-electron chi connectivity index (χ0n) is 14.0. The van der Waals surface area contributed by atoms with E-state index in [2.05, 4.69) is 11.8 Å². The van der Waals surface area contributed by atoms with Gasteiger partial charge in [-0.3, -0.25) is 19.4 Å². The van der Waals surface area contributed by atoms with Crippen molar-refractivity contribution in [3.8, 4) is 0 Å². The highest BCUT2D eigenvalue weighted by Crippen LogP contribution is 2.22. The van der Waals surface area contributed by atoms with Crippen LogP contribution in [0.15, 0.2) is 30.3 Å². The Bertz CT molecular complexity index is 632. The molecule has 1 atom stereocenters. The average molecular weight is 329 g/mol. The summed E-state index contributed by atoms with van der Waals surface area (Å²) in [4.78, 5) is 41.4. The summed E-state index contributed by atoms with van der Waals surface area (Å²) in [7, 11) is 0. The maximum absolute atomic E-state index is 12.6. The number of amides is 4. The number of likely N-dealkylation sites (tertiary alicyclic amines) is 1. The van der Waals surface area contributed by atoms with Crippen LogP contribution in [0.25, 0.3) is 0 Å². The quantitative estimate of drug-likeness (QED) is 0.614. The summed E-state index contributed by atoms with van der Waals surface area (Å²) in [5, 5.41) is 0. The van der Waals surface area contributed by atoms with Gasteiger partial charge in [-0.2, -0.15) is 0 Å². The Kier molecular flexibility index (Phi) is 4.94. The number of rotatable bonds is 5. The highest BCUT2D eigenvalue weighted by Gasteiger charge is 2.45. The first-order valence-electron chi connectivity index (χ1n) is 8.57. The van der Waals surface area contributed by atoms with Crippen molar-refractivity contribution in [2.24, 2.45) is 0 Å². The van der Waals surface area contributed by atoms with Crippen LogP contribution in [-0.2, 0) is 16.1 Å². The molecule has 0 bridgehead atoms. The molecule has 2 saturated heterocycles. The van der Waals surface area contributed by atoms with Crippen molar-refractivity contribution in [1.82, 2.24) is 14.7 Å². The summed E-state index contributed by atoms with van der Waals surface area (Å²) in [5.41, 5.74) is 0.832. The van der Waals surface area contributed by atoms with Gasteiger partial charge in [0, 0.05) is 12.6 Å². The summed E-state index contributed by atoms with van der Waals surface area (Å²) in [6.07, 6.45) is 4.30. The third kappa shape index (κ3) is 3.19. The van der Waals surface area contributed by atoms with Gasteiger partial charge >= 0.3 is 17.8 Å². The first kappa shape index (κ1) is 16.6. The summed E-state index contributed by atoms with van der Waals surface area (Å²) >= 11 is 0. The van der Waals surface area contributed by atoms with Crippen molar-refractivity contribution in [3.05, 3.63) is 35.9 Å². The Labute approximate surface area is 142 Å². The van der Waals surface area contributed by atoms with Crippen LogP contribution in [-0.4, -0.2) is 51.8 Å². The zero-order valence-corrected chi connectivity index (χ0v) is 14.0. The number of hydrogen-bond acceptors (Lipinski definition) is 4. The lowest BCUT2D eigenvalue weighted by Gasteiger charge is -2.36. The predicted octanol–water partition coefficient (Wildman–Crippen LogP) is 2.20. The van der Waals surface area contributed by atoms with Crippen LogP contribution >= 0.6 is 0 Å². The van der Waals surface area contributed by atoms with Gasteiger partial charge < -0.3 is 0 Å². The van der Waals surface area contributed by atoms with Crippen LogP contribution < -0.4 is 0 Å². The second-order valence-corrected chi connectivity index (χ2v) is 6.40. The monoisotopic (exact) mass is 329 g/mol. The maximum atomic E-state index is 12.6. The van der Waals surface area contributed by atoms with E-state index in [9.17, 15) is 14.4 Å². The molecule has 0 saturated carbocycles. The van der Waals surface area contributed by atoms with E-state index in [-0.39, 0.29) is 13.2 Å². The lowest BCUT2D eigenvalue weighted by molar-refractivity contribution is -0.144. The van der Waals surface area contributed by atoms with Crippen LogP contribution in [0.3, 0.4) is 0 Å². The van der Waals surface area contributed by atoms with Crippen LogP contribution in [0.5, 0.6) is 0 Å². The number of carbonyl (C=O) groups excluding carboxylic acids is 3. The van der Waals surface area contributed by atoms with Gasteiger partial charge in [-0.15, -0.1) is 0 Å². The van der Waals surface area contributed by atoms with Gasteiger partial charge in [0.15, 0.2) is 0 Å². The maximum Gasteiger partial charge on any atom is 0.335 e. The van der Waals surface area contributed by atoms with E-state index in [0.29, 0.717) is 6.04 Å². The molecule has 1 aromatic carbocycles. The van der Waals surface area contributed by atoms with Crippen LogP contribution in [0.2, 0.25) is 0 Å². The average Bonchev–Trinajstić information content (AvgIpc) is 2.81. The van der Waals surface area contributed by atoms with Gasteiger partial charge in [-0.05, 0) is 24.8 Å². The van der Waals surface area contributed by atoms with E-state index in [1.54, 1.807) is 0 Å². The molecule has 6 nitrogen and oxygen atoms in total. The van der Waals surface area contributed by atoms with Gasteiger partial charge in [0.25, 0.3) is 0 Å². The largest absolute Gasteiger partial charge is 0.335 e. The van der Waals surface area contributed by atoms with Crippen molar-refractivity contribution < 1.29 is 14.4 Å². The summed E-state index contributed by atoms with van der Waals surface area (Å²) in [6.45, 7) is 3.33. The van der Waals surface area contributed by atoms with Gasteiger partial charge in [0.2, 0.25) is 0 Å². The Morgan fingerprint density at radius 2 is 1.71 bits per heavy atom. The Hall–Kier alpha value is -2.21. The summed E-state index contributed by atoms with van der Waals surface area (Å²) in [6, 6.07) is 9.11. The minimum Gasteiger partial charge on any atom is -0.283 e. The molecule has 4 amide bonds. The predicted molar refractivity (Wildman–Crippen MR) is 88.7 cm³/mol. The van der Waals surface area contributed by atoms with Crippen LogP contribution in [0, 0.1) is 0 Å². The van der Waals surface area contributed by atoms with Crippen molar-refractivity contribution >= 4 is 17.8 Å². The first-order chi connectivity index (χ1) is 11.6. The number of benzene rings is 1. The topological polar surface area (TPSA) is 60.9 Å². The number of piperidine rings is 1. The molecular weight excluding hydrogens is 306 g/mol. The molecule has 0 unspecified atom stereocenters. The summed E-state index contributed by atoms with van der Waals surface area (Å²) < 4.78 is 0. The van der Waals surface area contributed by atoms with Crippen molar-refractivity contribution in [2.75, 3.05) is 13.2 Å². The fourth-order valence-electron chi connectivity index (χ4n) is 3.47. The molecule has 3 rings (SSSR count). The molecule has 6 heteroatoms. The molecule has 0 aliphatic carbocycles. The molecule has 0 spiro atoms. The highest BCUT2D eigenvalue weighted by molar-refractivity contribution is 6.44. The van der Waals surface area contributed by atoms with E-state index < -0.39 is 17.8 Å². The Morgan fingerprint density at radius 1 is 1.00 bits per heavy atom. The van der Waals surface area contributed by atoms with Crippen LogP contribution in [0.1, 0.15) is 38.2 Å². The van der Waals surface area contributed by atoms with Crippen molar-refractivity contribution in [2.45, 2.75) is 45.2 Å². The van der Waals surface area contributed by atoms with Crippen molar-refractivity contribution in [1.29, 1.82) is 0 Å². The van der Waals surface area contributed by atoms with Gasteiger partial charge in [-0.1, -0.05) is 43.7 Å². The van der Waals surface area contributed by atoms with Crippen LogP contribution in [0.4, 0.5) is 4.79 Å². The minimum absolute atomic E-state index is 0.137. The number of imide groups is 2. The first-order valence-corrected chi connectivity index (χ1v) is 8.57. The number of nitrogens with zero attached hydrogens (tertiary/aromatic N) is 3. The highest BCUT2D eigenvalue weighted by atomic mass is 16.2. The van der Waals surface area contributed by atoms with Gasteiger partial charge in [-0.25, -0.2) is 9.69 Å². The summed E-state index contributed by atoms with van der Waals surface area (Å²) in [5.74, 6) is -1.44. The van der Waals surface area contributed by atoms with E-state index in [0.717, 1.165) is 41.2 Å². The van der Waals surface area contributed by atoms with E-state index in [4.69, 9.17) is 0 Å².